The van der Waals surface area contributed by atoms with Gasteiger partial charge in [-0.25, -0.2) is 9.37 Å². The van der Waals surface area contributed by atoms with Crippen molar-refractivity contribution < 1.29 is 4.39 Å². The summed E-state index contributed by atoms with van der Waals surface area (Å²) < 4.78 is 13.5. The second kappa shape index (κ2) is 4.18. The first-order valence-corrected chi connectivity index (χ1v) is 5.77. The van der Waals surface area contributed by atoms with Gasteiger partial charge in [0.1, 0.15) is 0 Å². The molecule has 0 radical (unpaired) electrons. The van der Waals surface area contributed by atoms with Gasteiger partial charge in [0.05, 0.1) is 10.6 Å². The molecule has 0 bridgehead atoms. The van der Waals surface area contributed by atoms with Gasteiger partial charge in [0.2, 0.25) is 0 Å². The van der Waals surface area contributed by atoms with Crippen LogP contribution >= 0.6 is 11.6 Å². The maximum absolute atomic E-state index is 13.5. The molecule has 2 N–H and O–H groups in total. The van der Waals surface area contributed by atoms with Gasteiger partial charge in [0.15, 0.2) is 11.6 Å². The van der Waals surface area contributed by atoms with Crippen LogP contribution in [0.1, 0.15) is 19.8 Å². The molecule has 0 unspecified atom stereocenters. The molecule has 1 saturated heterocycles. The summed E-state index contributed by atoms with van der Waals surface area (Å²) in [5.41, 5.74) is 5.93. The number of nitrogens with zero attached hydrogens (tertiary/aromatic N) is 2. The zero-order chi connectivity index (χ0) is 11.8. The van der Waals surface area contributed by atoms with Crippen LogP contribution in [0.5, 0.6) is 0 Å². The zero-order valence-corrected chi connectivity index (χ0v) is 9.97. The van der Waals surface area contributed by atoms with Gasteiger partial charge in [-0.1, -0.05) is 24.9 Å². The highest BCUT2D eigenvalue weighted by Crippen LogP contribution is 2.30. The average Bonchev–Trinajstić information content (AvgIpc) is 2.14. The summed E-state index contributed by atoms with van der Waals surface area (Å²) in [4.78, 5) is 5.84. The molecule has 0 aromatic carbocycles. The van der Waals surface area contributed by atoms with Crippen molar-refractivity contribution >= 4 is 17.4 Å². The number of anilines is 1. The lowest BCUT2D eigenvalue weighted by molar-refractivity contribution is 0.303. The summed E-state index contributed by atoms with van der Waals surface area (Å²) in [7, 11) is 0. The van der Waals surface area contributed by atoms with Gasteiger partial charge >= 0.3 is 0 Å². The van der Waals surface area contributed by atoms with Crippen LogP contribution in [0.25, 0.3) is 0 Å². The predicted octanol–water partition coefficient (Wildman–Crippen LogP) is 2.19. The highest BCUT2D eigenvalue weighted by molar-refractivity contribution is 6.30. The molecule has 1 aliphatic rings. The van der Waals surface area contributed by atoms with E-state index in [2.05, 4.69) is 11.9 Å². The summed E-state index contributed by atoms with van der Waals surface area (Å²) >= 11 is 5.64. The van der Waals surface area contributed by atoms with E-state index in [1.807, 2.05) is 4.90 Å². The quantitative estimate of drug-likeness (QED) is 0.885. The van der Waals surface area contributed by atoms with Crippen LogP contribution in [-0.2, 0) is 0 Å². The molecule has 88 valence electrons. The fourth-order valence-corrected chi connectivity index (χ4v) is 2.30. The minimum Gasteiger partial charge on any atom is -0.350 e. The van der Waals surface area contributed by atoms with E-state index in [0.717, 1.165) is 12.8 Å². The molecule has 16 heavy (non-hydrogen) atoms. The molecule has 1 aromatic rings. The van der Waals surface area contributed by atoms with Crippen LogP contribution in [0.15, 0.2) is 12.3 Å². The Hall–Kier alpha value is -0.870. The van der Waals surface area contributed by atoms with E-state index < -0.39 is 0 Å². The molecule has 2 rings (SSSR count). The zero-order valence-electron chi connectivity index (χ0n) is 9.21. The topological polar surface area (TPSA) is 42.1 Å². The van der Waals surface area contributed by atoms with Crippen molar-refractivity contribution in [3.05, 3.63) is 23.1 Å². The van der Waals surface area contributed by atoms with Crippen molar-refractivity contribution in [3.63, 3.8) is 0 Å². The Labute approximate surface area is 99.4 Å². The van der Waals surface area contributed by atoms with Crippen molar-refractivity contribution in [2.75, 3.05) is 18.0 Å². The van der Waals surface area contributed by atoms with Gasteiger partial charge in [-0.3, -0.25) is 0 Å². The summed E-state index contributed by atoms with van der Waals surface area (Å²) in [5.74, 6) is -0.0346. The molecule has 1 fully saturated rings. The van der Waals surface area contributed by atoms with E-state index in [0.29, 0.717) is 23.9 Å². The third-order valence-corrected chi connectivity index (χ3v) is 3.05. The number of aromatic nitrogens is 1. The summed E-state index contributed by atoms with van der Waals surface area (Å²) in [5, 5.41) is 0.314. The van der Waals surface area contributed by atoms with Crippen molar-refractivity contribution in [3.8, 4) is 0 Å². The fourth-order valence-electron chi connectivity index (χ4n) is 2.16. The first-order valence-electron chi connectivity index (χ1n) is 5.39. The molecule has 0 atom stereocenters. The molecule has 0 aliphatic carbocycles. The van der Waals surface area contributed by atoms with E-state index in [1.165, 1.54) is 12.3 Å². The molecule has 0 amide bonds. The van der Waals surface area contributed by atoms with E-state index in [1.54, 1.807) is 0 Å². The van der Waals surface area contributed by atoms with Crippen LogP contribution in [-0.4, -0.2) is 23.6 Å². The molecule has 1 aromatic heterocycles. The second-order valence-electron chi connectivity index (χ2n) is 4.43. The van der Waals surface area contributed by atoms with Crippen LogP contribution in [0, 0.1) is 5.82 Å². The van der Waals surface area contributed by atoms with Crippen molar-refractivity contribution in [2.45, 2.75) is 25.3 Å². The van der Waals surface area contributed by atoms with Gasteiger partial charge in [0, 0.05) is 19.3 Å². The minimum absolute atomic E-state index is 0.178. The van der Waals surface area contributed by atoms with Gasteiger partial charge in [-0.05, 0) is 12.5 Å². The Morgan fingerprint density at radius 1 is 1.62 bits per heavy atom. The minimum atomic E-state index is -0.383. The number of rotatable bonds is 3. The number of halogens is 2. The first kappa shape index (κ1) is 11.6. The largest absolute Gasteiger partial charge is 0.350 e. The molecule has 5 heteroatoms. The third-order valence-electron chi connectivity index (χ3n) is 2.85. The second-order valence-corrected chi connectivity index (χ2v) is 4.86. The number of hydrogen-bond donors (Lipinski definition) is 1. The van der Waals surface area contributed by atoms with Gasteiger partial charge in [0.25, 0.3) is 0 Å². The number of nitrogens with two attached hydrogens (primary N) is 1. The van der Waals surface area contributed by atoms with Gasteiger partial charge in [-0.2, -0.15) is 0 Å². The normalized spacial score (nSPS) is 18.4. The van der Waals surface area contributed by atoms with Crippen LogP contribution in [0.2, 0.25) is 5.02 Å². The van der Waals surface area contributed by atoms with Crippen LogP contribution in [0.3, 0.4) is 0 Å². The number of pyridine rings is 1. The van der Waals surface area contributed by atoms with Crippen molar-refractivity contribution in [2.24, 2.45) is 5.73 Å². The molecule has 2 heterocycles. The smallest absolute Gasteiger partial charge is 0.167 e. The molecular formula is C11H15ClFN3. The Morgan fingerprint density at radius 2 is 2.31 bits per heavy atom. The third kappa shape index (κ3) is 2.13. The highest BCUT2D eigenvalue weighted by atomic mass is 35.5. The van der Waals surface area contributed by atoms with Gasteiger partial charge < -0.3 is 10.6 Å². The lowest BCUT2D eigenvalue weighted by atomic mass is 9.86. The van der Waals surface area contributed by atoms with E-state index in [4.69, 9.17) is 17.3 Å². The Kier molecular flexibility index (Phi) is 3.04. The lowest BCUT2D eigenvalue weighted by Crippen LogP contribution is -2.67. The van der Waals surface area contributed by atoms with Crippen LogP contribution in [0.4, 0.5) is 10.2 Å². The predicted molar refractivity (Wildman–Crippen MR) is 63.2 cm³/mol. The van der Waals surface area contributed by atoms with E-state index >= 15 is 0 Å². The Morgan fingerprint density at radius 3 is 2.88 bits per heavy atom. The Bertz CT molecular complexity index is 391. The first-order chi connectivity index (χ1) is 7.54. The maximum Gasteiger partial charge on any atom is 0.167 e. The highest BCUT2D eigenvalue weighted by Gasteiger charge is 2.40. The standard InChI is InChI=1S/C11H15ClFN3/c1-2-3-11(14)6-16(7-11)10-9(13)4-8(12)5-15-10/h4-5H,2-3,6-7,14H2,1H3. The summed E-state index contributed by atoms with van der Waals surface area (Å²) in [6.45, 7) is 3.41. The summed E-state index contributed by atoms with van der Waals surface area (Å²) in [6.07, 6.45) is 3.45. The van der Waals surface area contributed by atoms with Crippen molar-refractivity contribution in [1.82, 2.24) is 4.98 Å². The Balaban J connectivity index is 2.06. The van der Waals surface area contributed by atoms with Gasteiger partial charge in [-0.15, -0.1) is 0 Å². The van der Waals surface area contributed by atoms with E-state index in [9.17, 15) is 4.39 Å². The van der Waals surface area contributed by atoms with Crippen LogP contribution < -0.4 is 10.6 Å². The average molecular weight is 244 g/mol. The molecular weight excluding hydrogens is 229 g/mol. The summed E-state index contributed by atoms with van der Waals surface area (Å²) in [6, 6.07) is 1.28. The molecule has 0 spiro atoms. The molecule has 3 nitrogen and oxygen atoms in total. The number of hydrogen-bond acceptors (Lipinski definition) is 3. The molecule has 1 aliphatic heterocycles. The van der Waals surface area contributed by atoms with Crippen molar-refractivity contribution in [1.29, 1.82) is 0 Å². The monoisotopic (exact) mass is 243 g/mol. The lowest BCUT2D eigenvalue weighted by Gasteiger charge is -2.48. The SMILES string of the molecule is CCCC1(N)CN(c2ncc(Cl)cc2F)C1. The maximum atomic E-state index is 13.5. The molecule has 0 saturated carbocycles. The van der Waals surface area contributed by atoms with E-state index in [-0.39, 0.29) is 11.4 Å². The fraction of sp³-hybridized carbons (Fsp3) is 0.545.